The number of methoxy groups -OCH3 is 1. The summed E-state index contributed by atoms with van der Waals surface area (Å²) < 4.78 is 4.95. The molecule has 0 spiro atoms. The van der Waals surface area contributed by atoms with E-state index in [1.807, 2.05) is 0 Å². The van der Waals surface area contributed by atoms with Crippen molar-refractivity contribution in [2.75, 3.05) is 13.7 Å². The number of nitrogens with zero attached hydrogens (tertiary/aromatic N) is 3. The van der Waals surface area contributed by atoms with Crippen molar-refractivity contribution in [2.24, 2.45) is 4.99 Å². The summed E-state index contributed by atoms with van der Waals surface area (Å²) in [5.74, 6) is -1.32. The van der Waals surface area contributed by atoms with Crippen LogP contribution in [0.1, 0.15) is 24.2 Å². The molecule has 2 heterocycles. The maximum Gasteiger partial charge on any atom is 0.338 e. The molecule has 144 valence electrons. The van der Waals surface area contributed by atoms with E-state index in [-0.39, 0.29) is 12.1 Å². The molecule has 0 amide bonds. The number of hydrogen-bond donors (Lipinski definition) is 1. The molecule has 0 radical (unpaired) electrons. The second kappa shape index (κ2) is 8.22. The minimum atomic E-state index is -1.07. The van der Waals surface area contributed by atoms with Gasteiger partial charge in [0.25, 0.3) is 0 Å². The lowest BCUT2D eigenvalue weighted by atomic mass is 9.95. The van der Waals surface area contributed by atoms with Crippen molar-refractivity contribution < 1.29 is 19.4 Å². The zero-order valence-electron chi connectivity index (χ0n) is 15.3. The molecule has 1 aromatic carbocycles. The van der Waals surface area contributed by atoms with E-state index in [1.165, 1.54) is 12.0 Å². The number of hydrogen-bond acceptors (Lipinski definition) is 6. The van der Waals surface area contributed by atoms with Gasteiger partial charge >= 0.3 is 11.9 Å². The van der Waals surface area contributed by atoms with Crippen LogP contribution in [0, 0.1) is 0 Å². The highest BCUT2D eigenvalue weighted by Gasteiger charge is 2.36. The minimum absolute atomic E-state index is 0.233. The fourth-order valence-corrected chi connectivity index (χ4v) is 3.32. The summed E-state index contributed by atoms with van der Waals surface area (Å²) in [5, 5.41) is 9.82. The molecule has 1 aliphatic rings. The number of allylic oxidation sites excluding steroid dienone is 1. The third kappa shape index (κ3) is 3.75. The maximum absolute atomic E-state index is 12.6. The van der Waals surface area contributed by atoms with Gasteiger partial charge in [0.05, 0.1) is 12.7 Å². The van der Waals surface area contributed by atoms with E-state index >= 15 is 0 Å². The normalized spacial score (nSPS) is 16.6. The van der Waals surface area contributed by atoms with E-state index in [1.54, 1.807) is 55.6 Å². The van der Waals surface area contributed by atoms with Crippen LogP contribution in [0.25, 0.3) is 0 Å². The van der Waals surface area contributed by atoms with Crippen LogP contribution < -0.4 is 0 Å². The number of aromatic nitrogens is 1. The summed E-state index contributed by atoms with van der Waals surface area (Å²) in [6, 6.07) is 11.6. The molecule has 0 bridgehead atoms. The maximum atomic E-state index is 12.6. The molecule has 1 atom stereocenters. The molecule has 7 nitrogen and oxygen atoms in total. The van der Waals surface area contributed by atoms with E-state index < -0.39 is 18.0 Å². The number of rotatable bonds is 5. The Morgan fingerprint density at radius 2 is 1.93 bits per heavy atom. The Hall–Kier alpha value is -3.19. The second-order valence-electron chi connectivity index (χ2n) is 6.06. The number of ether oxygens (including phenoxy) is 1. The number of pyridine rings is 1. The molecule has 0 fully saturated rings. The lowest BCUT2D eigenvalue weighted by Crippen LogP contribution is -2.40. The molecule has 1 aromatic heterocycles. The smallest absolute Gasteiger partial charge is 0.338 e. The Morgan fingerprint density at radius 1 is 1.21 bits per heavy atom. The highest BCUT2D eigenvalue weighted by atomic mass is 35.5. The predicted molar refractivity (Wildman–Crippen MR) is 104 cm³/mol. The van der Waals surface area contributed by atoms with Crippen molar-refractivity contribution in [3.8, 4) is 0 Å². The van der Waals surface area contributed by atoms with Gasteiger partial charge in [-0.2, -0.15) is 0 Å². The third-order valence-corrected chi connectivity index (χ3v) is 4.71. The van der Waals surface area contributed by atoms with Crippen molar-refractivity contribution in [3.05, 3.63) is 76.2 Å². The van der Waals surface area contributed by atoms with Gasteiger partial charge < -0.3 is 14.7 Å². The average molecular weight is 400 g/mol. The predicted octanol–water partition coefficient (Wildman–Crippen LogP) is 3.07. The van der Waals surface area contributed by atoms with Crippen LogP contribution in [-0.4, -0.2) is 46.4 Å². The molecule has 1 N–H and O–H groups in total. The lowest BCUT2D eigenvalue weighted by Gasteiger charge is -2.34. The number of carboxylic acids is 1. The highest BCUT2D eigenvalue weighted by Crippen LogP contribution is 2.38. The lowest BCUT2D eigenvalue weighted by molar-refractivity contribution is -0.138. The van der Waals surface area contributed by atoms with Crippen LogP contribution >= 0.6 is 11.6 Å². The van der Waals surface area contributed by atoms with Crippen molar-refractivity contribution in [1.82, 2.24) is 9.88 Å². The minimum Gasteiger partial charge on any atom is -0.480 e. The van der Waals surface area contributed by atoms with E-state index in [9.17, 15) is 14.7 Å². The first-order valence-corrected chi connectivity index (χ1v) is 8.84. The summed E-state index contributed by atoms with van der Waals surface area (Å²) in [7, 11) is 1.27. The summed E-state index contributed by atoms with van der Waals surface area (Å²) in [6.07, 6.45) is 1.59. The summed E-state index contributed by atoms with van der Waals surface area (Å²) in [6.45, 7) is 1.29. The summed E-state index contributed by atoms with van der Waals surface area (Å²) >= 11 is 6.37. The number of carbonyl (C=O) groups excluding carboxylic acids is 1. The van der Waals surface area contributed by atoms with Gasteiger partial charge in [-0.25, -0.2) is 4.79 Å². The van der Waals surface area contributed by atoms with Crippen LogP contribution in [0.2, 0.25) is 5.02 Å². The van der Waals surface area contributed by atoms with Crippen molar-refractivity contribution in [1.29, 1.82) is 0 Å². The Balaban J connectivity index is 2.24. The molecule has 1 unspecified atom stereocenters. The number of amidine groups is 1. The number of aliphatic carboxylic acids is 1. The van der Waals surface area contributed by atoms with E-state index in [2.05, 4.69) is 4.98 Å². The Kier molecular flexibility index (Phi) is 5.75. The standard InChI is InChI=1S/C20H18ClN3O4/c1-12-17(20(27)28-2)18(13-7-3-4-8-14(13)21)23-19(24(12)11-16(25)26)15-9-5-6-10-22-15/h3-10,18H,11H2,1-2H3,(H,25,26). The van der Waals surface area contributed by atoms with Gasteiger partial charge in [0.2, 0.25) is 0 Å². The molecular formula is C20H18ClN3O4. The SMILES string of the molecule is COC(=O)C1=C(C)N(CC(=O)O)C(c2ccccn2)=NC1c1ccccc1Cl. The number of esters is 1. The zero-order chi connectivity index (χ0) is 20.3. The van der Waals surface area contributed by atoms with Gasteiger partial charge in [-0.05, 0) is 25.1 Å². The Bertz CT molecular complexity index is 972. The molecule has 1 aliphatic heterocycles. The van der Waals surface area contributed by atoms with E-state index in [0.717, 1.165) is 0 Å². The number of carbonyl (C=O) groups is 2. The van der Waals surface area contributed by atoms with Gasteiger partial charge in [0, 0.05) is 22.5 Å². The van der Waals surface area contributed by atoms with E-state index in [4.69, 9.17) is 21.3 Å². The molecular weight excluding hydrogens is 382 g/mol. The quantitative estimate of drug-likeness (QED) is 0.777. The number of aliphatic imine (C=N–C) groups is 1. The largest absolute Gasteiger partial charge is 0.480 e. The molecule has 28 heavy (non-hydrogen) atoms. The molecule has 8 heteroatoms. The van der Waals surface area contributed by atoms with Gasteiger partial charge in [0.15, 0.2) is 5.84 Å². The van der Waals surface area contributed by atoms with Gasteiger partial charge in [-0.15, -0.1) is 0 Å². The Morgan fingerprint density at radius 3 is 2.54 bits per heavy atom. The summed E-state index contributed by atoms with van der Waals surface area (Å²) in [5.41, 5.74) is 1.77. The van der Waals surface area contributed by atoms with Crippen LogP contribution in [0.5, 0.6) is 0 Å². The monoisotopic (exact) mass is 399 g/mol. The highest BCUT2D eigenvalue weighted by molar-refractivity contribution is 6.31. The molecule has 2 aromatic rings. The first-order valence-electron chi connectivity index (χ1n) is 8.46. The van der Waals surface area contributed by atoms with Gasteiger partial charge in [0.1, 0.15) is 18.3 Å². The second-order valence-corrected chi connectivity index (χ2v) is 6.47. The molecule has 3 rings (SSSR count). The number of halogens is 1. The zero-order valence-corrected chi connectivity index (χ0v) is 16.1. The molecule has 0 saturated carbocycles. The van der Waals surface area contributed by atoms with Crippen molar-refractivity contribution in [3.63, 3.8) is 0 Å². The number of carboxylic acid groups (broad SMARTS) is 1. The fraction of sp³-hybridized carbons (Fsp3) is 0.200. The van der Waals surface area contributed by atoms with Crippen LogP contribution in [0.3, 0.4) is 0 Å². The van der Waals surface area contributed by atoms with Crippen molar-refractivity contribution in [2.45, 2.75) is 13.0 Å². The van der Waals surface area contributed by atoms with Gasteiger partial charge in [-0.1, -0.05) is 35.9 Å². The van der Waals surface area contributed by atoms with Crippen molar-refractivity contribution >= 4 is 29.4 Å². The number of benzene rings is 1. The Labute approximate surface area is 166 Å². The fourth-order valence-electron chi connectivity index (χ4n) is 3.08. The molecule has 0 aliphatic carbocycles. The topological polar surface area (TPSA) is 92.1 Å². The van der Waals surface area contributed by atoms with Crippen LogP contribution in [0.4, 0.5) is 0 Å². The average Bonchev–Trinajstić information content (AvgIpc) is 2.69. The summed E-state index contributed by atoms with van der Waals surface area (Å²) in [4.78, 5) is 34.5. The van der Waals surface area contributed by atoms with Crippen LogP contribution in [0.15, 0.2) is 64.9 Å². The first-order chi connectivity index (χ1) is 13.4. The van der Waals surface area contributed by atoms with Gasteiger partial charge in [-0.3, -0.25) is 14.8 Å². The molecule has 0 saturated heterocycles. The van der Waals surface area contributed by atoms with E-state index in [0.29, 0.717) is 27.8 Å². The first kappa shape index (κ1) is 19.6. The third-order valence-electron chi connectivity index (χ3n) is 4.37. The van der Waals surface area contributed by atoms with Crippen LogP contribution in [-0.2, 0) is 14.3 Å².